The molecule has 1 heterocycles. The maximum Gasteiger partial charge on any atom is 0.335 e. The lowest BCUT2D eigenvalue weighted by Crippen LogP contribution is -2.14. The number of benzene rings is 1. The summed E-state index contributed by atoms with van der Waals surface area (Å²) < 4.78 is 0. The first-order valence-corrected chi connectivity index (χ1v) is 4.35. The molecule has 4 nitrogen and oxygen atoms in total. The Bertz CT molecular complexity index is 554. The predicted octanol–water partition coefficient (Wildman–Crippen LogP) is 0.430. The summed E-state index contributed by atoms with van der Waals surface area (Å²) in [4.78, 5) is 19.0. The molecule has 0 aliphatic heterocycles. The van der Waals surface area contributed by atoms with Crippen LogP contribution in [0.15, 0.2) is 18.2 Å². The zero-order valence-corrected chi connectivity index (χ0v) is 8.06. The molecule has 0 aliphatic carbocycles. The van der Waals surface area contributed by atoms with Gasteiger partial charge in [0, 0.05) is 11.3 Å². The maximum absolute atomic E-state index is 10.7. The van der Waals surface area contributed by atoms with E-state index in [9.17, 15) is 4.79 Å². The normalized spacial score (nSPS) is 10.5. The topological polar surface area (TPSA) is 63.1 Å². The molecule has 2 radical (unpaired) electrons. The Morgan fingerprint density at radius 1 is 1.33 bits per heavy atom. The van der Waals surface area contributed by atoms with Crippen LogP contribution in [0.3, 0.4) is 0 Å². The van der Waals surface area contributed by atoms with E-state index >= 15 is 0 Å². The van der Waals surface area contributed by atoms with E-state index in [0.29, 0.717) is 22.3 Å². The number of carboxylic acid groups (broad SMARTS) is 1. The molecule has 72 valence electrons. The molecule has 15 heavy (non-hydrogen) atoms. The monoisotopic (exact) mass is 198 g/mol. The standard InChI is InChI=1S/C10H7BN2O2/c1-5-9(11)13-7-3-2-6(10(14)15)4-8(7)12-5/h2-4H,1H3,(H,14,15). The summed E-state index contributed by atoms with van der Waals surface area (Å²) in [7, 11) is 5.59. The molecule has 0 fully saturated rings. The van der Waals surface area contributed by atoms with Crippen LogP contribution in [-0.2, 0) is 0 Å². The molecule has 0 unspecified atom stereocenters. The predicted molar refractivity (Wildman–Crippen MR) is 56.6 cm³/mol. The van der Waals surface area contributed by atoms with Crippen molar-refractivity contribution >= 4 is 30.4 Å². The van der Waals surface area contributed by atoms with Crippen LogP contribution in [-0.4, -0.2) is 28.9 Å². The van der Waals surface area contributed by atoms with Gasteiger partial charge in [0.1, 0.15) is 7.85 Å². The Balaban J connectivity index is 2.72. The van der Waals surface area contributed by atoms with E-state index in [4.69, 9.17) is 13.0 Å². The maximum atomic E-state index is 10.7. The van der Waals surface area contributed by atoms with Gasteiger partial charge in [0.15, 0.2) is 0 Å². The van der Waals surface area contributed by atoms with Crippen LogP contribution in [0.25, 0.3) is 11.0 Å². The molecule has 0 spiro atoms. The number of hydrogen-bond acceptors (Lipinski definition) is 3. The molecule has 0 bridgehead atoms. The molecule has 2 aromatic rings. The highest BCUT2D eigenvalue weighted by molar-refractivity contribution is 6.31. The third-order valence-electron chi connectivity index (χ3n) is 2.12. The number of aryl methyl sites for hydroxylation is 1. The lowest BCUT2D eigenvalue weighted by Gasteiger charge is -2.03. The summed E-state index contributed by atoms with van der Waals surface area (Å²) in [5.41, 5.74) is 2.31. The summed E-state index contributed by atoms with van der Waals surface area (Å²) in [6, 6.07) is 4.56. The van der Waals surface area contributed by atoms with Crippen molar-refractivity contribution in [2.45, 2.75) is 6.92 Å². The highest BCUT2D eigenvalue weighted by atomic mass is 16.4. The zero-order chi connectivity index (χ0) is 11.0. The number of fused-ring (bicyclic) bond motifs is 1. The number of aromatic nitrogens is 2. The van der Waals surface area contributed by atoms with Gasteiger partial charge < -0.3 is 5.11 Å². The van der Waals surface area contributed by atoms with Crippen LogP contribution >= 0.6 is 0 Å². The Hall–Kier alpha value is -1.91. The van der Waals surface area contributed by atoms with E-state index < -0.39 is 5.97 Å². The van der Waals surface area contributed by atoms with Gasteiger partial charge in [-0.2, -0.15) is 0 Å². The summed E-state index contributed by atoms with van der Waals surface area (Å²) >= 11 is 0. The average Bonchev–Trinajstić information content (AvgIpc) is 2.19. The number of aromatic carboxylic acids is 1. The van der Waals surface area contributed by atoms with Gasteiger partial charge in [-0.3, -0.25) is 9.97 Å². The number of carbonyl (C=O) groups is 1. The van der Waals surface area contributed by atoms with Crippen LogP contribution in [0.4, 0.5) is 0 Å². The minimum absolute atomic E-state index is 0.195. The SMILES string of the molecule is [B]c1nc2ccc(C(=O)O)cc2nc1C. The largest absolute Gasteiger partial charge is 0.478 e. The van der Waals surface area contributed by atoms with Gasteiger partial charge in [0.2, 0.25) is 0 Å². The Morgan fingerprint density at radius 2 is 2.07 bits per heavy atom. The van der Waals surface area contributed by atoms with Crippen molar-refractivity contribution in [1.82, 2.24) is 9.97 Å². The van der Waals surface area contributed by atoms with Gasteiger partial charge in [-0.15, -0.1) is 0 Å². The molecule has 0 saturated heterocycles. The smallest absolute Gasteiger partial charge is 0.335 e. The zero-order valence-electron chi connectivity index (χ0n) is 8.06. The first-order valence-electron chi connectivity index (χ1n) is 4.35. The van der Waals surface area contributed by atoms with Gasteiger partial charge in [-0.05, 0) is 25.1 Å². The van der Waals surface area contributed by atoms with Crippen molar-refractivity contribution in [3.63, 3.8) is 0 Å². The fraction of sp³-hybridized carbons (Fsp3) is 0.100. The number of hydrogen-bond donors (Lipinski definition) is 1. The van der Waals surface area contributed by atoms with Gasteiger partial charge in [0.25, 0.3) is 0 Å². The molecule has 0 aliphatic rings. The molecule has 0 atom stereocenters. The number of rotatable bonds is 1. The quantitative estimate of drug-likeness (QED) is 0.674. The van der Waals surface area contributed by atoms with Crippen molar-refractivity contribution < 1.29 is 9.90 Å². The van der Waals surface area contributed by atoms with Gasteiger partial charge >= 0.3 is 5.97 Å². The van der Waals surface area contributed by atoms with Crippen molar-refractivity contribution in [2.75, 3.05) is 0 Å². The fourth-order valence-electron chi connectivity index (χ4n) is 1.29. The Morgan fingerprint density at radius 3 is 2.73 bits per heavy atom. The van der Waals surface area contributed by atoms with Gasteiger partial charge in [-0.25, -0.2) is 4.79 Å². The van der Waals surface area contributed by atoms with E-state index in [1.807, 2.05) is 0 Å². The third-order valence-corrected chi connectivity index (χ3v) is 2.12. The third kappa shape index (κ3) is 1.68. The second kappa shape index (κ2) is 3.35. The van der Waals surface area contributed by atoms with Crippen LogP contribution in [0.1, 0.15) is 16.1 Å². The molecule has 2 rings (SSSR count). The van der Waals surface area contributed by atoms with E-state index in [1.165, 1.54) is 12.1 Å². The van der Waals surface area contributed by atoms with E-state index in [-0.39, 0.29) is 5.56 Å². The fourth-order valence-corrected chi connectivity index (χ4v) is 1.29. The first kappa shape index (κ1) is 9.64. The van der Waals surface area contributed by atoms with Crippen LogP contribution < -0.4 is 5.59 Å². The van der Waals surface area contributed by atoms with Crippen molar-refractivity contribution in [1.29, 1.82) is 0 Å². The van der Waals surface area contributed by atoms with Gasteiger partial charge in [0.05, 0.1) is 16.6 Å². The van der Waals surface area contributed by atoms with Crippen molar-refractivity contribution in [2.24, 2.45) is 0 Å². The molecule has 1 N–H and O–H groups in total. The summed E-state index contributed by atoms with van der Waals surface area (Å²) in [5, 5.41) is 8.80. The highest BCUT2D eigenvalue weighted by Gasteiger charge is 2.06. The van der Waals surface area contributed by atoms with E-state index in [1.54, 1.807) is 13.0 Å². The van der Waals surface area contributed by atoms with E-state index in [2.05, 4.69) is 9.97 Å². The summed E-state index contributed by atoms with van der Waals surface area (Å²) in [6.45, 7) is 1.73. The molecular weight excluding hydrogens is 191 g/mol. The lowest BCUT2D eigenvalue weighted by molar-refractivity contribution is 0.0697. The highest BCUT2D eigenvalue weighted by Crippen LogP contribution is 2.11. The van der Waals surface area contributed by atoms with Crippen LogP contribution in [0.5, 0.6) is 0 Å². The van der Waals surface area contributed by atoms with Gasteiger partial charge in [-0.1, -0.05) is 0 Å². The van der Waals surface area contributed by atoms with Crippen LogP contribution in [0.2, 0.25) is 0 Å². The minimum Gasteiger partial charge on any atom is -0.478 e. The lowest BCUT2D eigenvalue weighted by atomic mass is 10.0. The first-order chi connectivity index (χ1) is 7.08. The number of carboxylic acids is 1. The summed E-state index contributed by atoms with van der Waals surface area (Å²) in [6.07, 6.45) is 0. The second-order valence-corrected chi connectivity index (χ2v) is 3.20. The molecule has 1 aromatic carbocycles. The van der Waals surface area contributed by atoms with Crippen molar-refractivity contribution in [3.05, 3.63) is 29.5 Å². The summed E-state index contributed by atoms with van der Waals surface area (Å²) in [5.74, 6) is -0.979. The van der Waals surface area contributed by atoms with Crippen molar-refractivity contribution in [3.8, 4) is 0 Å². The number of nitrogens with zero attached hydrogens (tertiary/aromatic N) is 2. The second-order valence-electron chi connectivity index (χ2n) is 3.20. The molecule has 0 saturated carbocycles. The van der Waals surface area contributed by atoms with Crippen LogP contribution in [0, 0.1) is 6.92 Å². The molecule has 5 heteroatoms. The molecular formula is C10H7BN2O2. The van der Waals surface area contributed by atoms with E-state index in [0.717, 1.165) is 0 Å². The Kier molecular flexibility index (Phi) is 2.15. The average molecular weight is 198 g/mol. The Labute approximate surface area is 87.4 Å². The molecule has 0 amide bonds. The minimum atomic E-state index is -0.979. The molecule has 1 aromatic heterocycles.